The second kappa shape index (κ2) is 9.36. The normalized spacial score (nSPS) is 14.8. The molecular weight excluding hydrogens is 445 g/mol. The summed E-state index contributed by atoms with van der Waals surface area (Å²) in [5.41, 5.74) is 5.29. The van der Waals surface area contributed by atoms with Gasteiger partial charge in [0.15, 0.2) is 0 Å². The van der Waals surface area contributed by atoms with Crippen molar-refractivity contribution < 1.29 is 13.2 Å². The number of allylic oxidation sites excluding steroid dienone is 4. The summed E-state index contributed by atoms with van der Waals surface area (Å²) in [5, 5.41) is 2.72. The number of nitrogens with zero attached hydrogens (tertiary/aromatic N) is 2. The van der Waals surface area contributed by atoms with Crippen molar-refractivity contribution in [3.63, 3.8) is 0 Å². The molecule has 0 fully saturated rings. The third kappa shape index (κ3) is 4.64. The summed E-state index contributed by atoms with van der Waals surface area (Å²) in [6, 6.07) is 13.9. The molecule has 4 aromatic rings. The molecule has 0 amide bonds. The lowest BCUT2D eigenvalue weighted by Crippen LogP contribution is -2.08. The Morgan fingerprint density at radius 2 is 1.70 bits per heavy atom. The first-order valence-electron chi connectivity index (χ1n) is 10.7. The summed E-state index contributed by atoms with van der Waals surface area (Å²) in [4.78, 5) is 8.11. The van der Waals surface area contributed by atoms with E-state index in [2.05, 4.69) is 28.2 Å². The van der Waals surface area contributed by atoms with Gasteiger partial charge in [-0.15, -0.1) is 12.4 Å². The SMILES string of the molecule is Cl.FC(F)(F)c1ccc2ccc3c(c2c1)CCC1=C3C=CCC1.c1cnc2ccncc2c1. The van der Waals surface area contributed by atoms with Crippen molar-refractivity contribution in [2.75, 3.05) is 0 Å². The number of halogens is 4. The van der Waals surface area contributed by atoms with Crippen LogP contribution >= 0.6 is 12.4 Å². The predicted octanol–water partition coefficient (Wildman–Crippen LogP) is 7.96. The van der Waals surface area contributed by atoms with Crippen molar-refractivity contribution in [3.05, 3.63) is 102 Å². The highest BCUT2D eigenvalue weighted by Crippen LogP contribution is 2.41. The van der Waals surface area contributed by atoms with E-state index in [1.807, 2.05) is 30.5 Å². The first kappa shape index (κ1) is 23.0. The van der Waals surface area contributed by atoms with Gasteiger partial charge in [0.2, 0.25) is 0 Å². The van der Waals surface area contributed by atoms with Crippen LogP contribution in [0.3, 0.4) is 0 Å². The molecule has 2 aliphatic carbocycles. The van der Waals surface area contributed by atoms with E-state index in [-0.39, 0.29) is 12.4 Å². The number of benzene rings is 2. The average Bonchev–Trinajstić information content (AvgIpc) is 2.83. The van der Waals surface area contributed by atoms with Gasteiger partial charge in [-0.25, -0.2) is 0 Å². The highest BCUT2D eigenvalue weighted by Gasteiger charge is 2.31. The third-order valence-corrected chi connectivity index (χ3v) is 6.11. The van der Waals surface area contributed by atoms with Crippen LogP contribution in [0.1, 0.15) is 36.0 Å². The van der Waals surface area contributed by atoms with Gasteiger partial charge in [0.1, 0.15) is 0 Å². The number of fused-ring (bicyclic) bond motifs is 5. The zero-order valence-electron chi connectivity index (χ0n) is 17.8. The number of rotatable bonds is 0. The van der Waals surface area contributed by atoms with Crippen molar-refractivity contribution in [3.8, 4) is 0 Å². The van der Waals surface area contributed by atoms with Gasteiger partial charge in [0, 0.05) is 24.0 Å². The maximum absolute atomic E-state index is 13.0. The van der Waals surface area contributed by atoms with E-state index in [0.29, 0.717) is 0 Å². The van der Waals surface area contributed by atoms with Crippen molar-refractivity contribution in [1.82, 2.24) is 9.97 Å². The molecule has 2 nitrogen and oxygen atoms in total. The van der Waals surface area contributed by atoms with Gasteiger partial charge in [-0.1, -0.05) is 35.9 Å². The first-order chi connectivity index (χ1) is 15.5. The minimum absolute atomic E-state index is 0. The summed E-state index contributed by atoms with van der Waals surface area (Å²) < 4.78 is 39.0. The highest BCUT2D eigenvalue weighted by molar-refractivity contribution is 5.94. The highest BCUT2D eigenvalue weighted by atomic mass is 35.5. The largest absolute Gasteiger partial charge is 0.416 e. The molecule has 0 atom stereocenters. The minimum atomic E-state index is -4.29. The number of pyridine rings is 2. The molecule has 6 rings (SSSR count). The molecule has 0 saturated heterocycles. The van der Waals surface area contributed by atoms with Gasteiger partial charge in [-0.05, 0) is 83.5 Å². The molecule has 0 spiro atoms. The Balaban J connectivity index is 0.000000198. The van der Waals surface area contributed by atoms with Crippen LogP contribution in [-0.2, 0) is 12.6 Å². The molecule has 0 radical (unpaired) electrons. The monoisotopic (exact) mass is 466 g/mol. The molecule has 0 saturated carbocycles. The number of hydrogen-bond acceptors (Lipinski definition) is 2. The lowest BCUT2D eigenvalue weighted by atomic mass is 9.79. The Bertz CT molecular complexity index is 1310. The molecule has 33 heavy (non-hydrogen) atoms. The van der Waals surface area contributed by atoms with E-state index in [4.69, 9.17) is 0 Å². The van der Waals surface area contributed by atoms with E-state index in [9.17, 15) is 13.2 Å². The Kier molecular flexibility index (Phi) is 6.52. The zero-order chi connectivity index (χ0) is 22.1. The van der Waals surface area contributed by atoms with Crippen molar-refractivity contribution in [2.45, 2.75) is 31.9 Å². The van der Waals surface area contributed by atoms with Gasteiger partial charge in [-0.3, -0.25) is 9.97 Å². The Morgan fingerprint density at radius 3 is 2.52 bits per heavy atom. The molecular formula is C27H22ClF3N2. The van der Waals surface area contributed by atoms with E-state index in [0.717, 1.165) is 58.5 Å². The Hall–Kier alpha value is -3.18. The molecule has 0 unspecified atom stereocenters. The molecule has 2 aromatic carbocycles. The van der Waals surface area contributed by atoms with E-state index in [1.165, 1.54) is 23.3 Å². The standard InChI is InChI=1S/C19H15F3.C8H6N2.ClH/c20-19(21,22)14-8-5-13-7-9-16-15-4-2-1-3-12(15)6-10-17(16)18(13)11-14;1-2-7-6-9-5-3-8(7)10-4-1;/h2,4-5,7-9,11H,1,3,6,10H2;1-6H;1H. The first-order valence-corrected chi connectivity index (χ1v) is 10.7. The lowest BCUT2D eigenvalue weighted by Gasteiger charge is -2.25. The van der Waals surface area contributed by atoms with E-state index in [1.54, 1.807) is 18.5 Å². The van der Waals surface area contributed by atoms with Gasteiger partial charge < -0.3 is 0 Å². The van der Waals surface area contributed by atoms with Crippen LogP contribution in [0.4, 0.5) is 13.2 Å². The zero-order valence-corrected chi connectivity index (χ0v) is 18.6. The van der Waals surface area contributed by atoms with Crippen LogP contribution in [0, 0.1) is 0 Å². The second-order valence-electron chi connectivity index (χ2n) is 8.06. The van der Waals surface area contributed by atoms with Crippen LogP contribution in [0.15, 0.2) is 84.8 Å². The van der Waals surface area contributed by atoms with Crippen LogP contribution < -0.4 is 0 Å². The van der Waals surface area contributed by atoms with Crippen molar-refractivity contribution in [1.29, 1.82) is 0 Å². The predicted molar refractivity (Wildman–Crippen MR) is 129 cm³/mol. The number of aryl methyl sites for hydroxylation is 1. The Morgan fingerprint density at radius 1 is 0.848 bits per heavy atom. The summed E-state index contributed by atoms with van der Waals surface area (Å²) in [5.74, 6) is 0. The van der Waals surface area contributed by atoms with E-state index < -0.39 is 11.7 Å². The van der Waals surface area contributed by atoms with Crippen molar-refractivity contribution in [2.24, 2.45) is 0 Å². The van der Waals surface area contributed by atoms with Gasteiger partial charge in [0.25, 0.3) is 0 Å². The number of aromatic nitrogens is 2. The number of alkyl halides is 3. The molecule has 0 bridgehead atoms. The summed E-state index contributed by atoms with van der Waals surface area (Å²) >= 11 is 0. The summed E-state index contributed by atoms with van der Waals surface area (Å²) in [7, 11) is 0. The minimum Gasteiger partial charge on any atom is -0.264 e. The molecule has 0 N–H and O–H groups in total. The summed E-state index contributed by atoms with van der Waals surface area (Å²) in [6.45, 7) is 0. The van der Waals surface area contributed by atoms with Gasteiger partial charge in [-0.2, -0.15) is 13.2 Å². The van der Waals surface area contributed by atoms with Gasteiger partial charge >= 0.3 is 6.18 Å². The molecule has 168 valence electrons. The molecule has 2 aliphatic rings. The fourth-order valence-corrected chi connectivity index (χ4v) is 4.52. The molecule has 2 aromatic heterocycles. The molecule has 2 heterocycles. The lowest BCUT2D eigenvalue weighted by molar-refractivity contribution is -0.137. The van der Waals surface area contributed by atoms with Gasteiger partial charge in [0.05, 0.1) is 11.1 Å². The quantitative estimate of drug-likeness (QED) is 0.262. The fourth-order valence-electron chi connectivity index (χ4n) is 4.52. The number of hydrogen-bond donors (Lipinski definition) is 0. The second-order valence-corrected chi connectivity index (χ2v) is 8.06. The van der Waals surface area contributed by atoms with Crippen molar-refractivity contribution >= 4 is 39.7 Å². The smallest absolute Gasteiger partial charge is 0.264 e. The maximum atomic E-state index is 13.0. The molecule has 6 heteroatoms. The van der Waals surface area contributed by atoms with E-state index >= 15 is 0 Å². The molecule has 0 aliphatic heterocycles. The topological polar surface area (TPSA) is 25.8 Å². The summed E-state index contributed by atoms with van der Waals surface area (Å²) in [6.07, 6.45) is 9.27. The van der Waals surface area contributed by atoms with Crippen LogP contribution in [0.25, 0.3) is 27.2 Å². The van der Waals surface area contributed by atoms with Crippen LogP contribution in [0.2, 0.25) is 0 Å². The van der Waals surface area contributed by atoms with Crippen LogP contribution in [0.5, 0.6) is 0 Å². The Labute approximate surface area is 196 Å². The fraction of sp³-hybridized carbons (Fsp3) is 0.185. The maximum Gasteiger partial charge on any atom is 0.416 e. The third-order valence-electron chi connectivity index (χ3n) is 6.11. The average molecular weight is 467 g/mol. The van der Waals surface area contributed by atoms with Crippen LogP contribution in [-0.4, -0.2) is 9.97 Å².